The molecular weight excluding hydrogens is 208 g/mol. The Balaban J connectivity index is 2.56. The van der Waals surface area contributed by atoms with Gasteiger partial charge in [-0.15, -0.1) is 0 Å². The maximum atomic E-state index is 11.5. The number of rotatable bonds is 5. The van der Waals surface area contributed by atoms with Crippen molar-refractivity contribution < 1.29 is 14.7 Å². The van der Waals surface area contributed by atoms with Crippen molar-refractivity contribution in [2.75, 3.05) is 13.1 Å². The molecule has 5 nitrogen and oxygen atoms in total. The first-order valence-corrected chi connectivity index (χ1v) is 5.81. The standard InChI is InChI=1S/C11H20N2O3/c12-6-7-13-9(14)8-11(10(15)16)4-2-1-3-5-11/h1-8,12H2,(H,13,14)(H,15,16). The van der Waals surface area contributed by atoms with Gasteiger partial charge in [-0.25, -0.2) is 0 Å². The maximum Gasteiger partial charge on any atom is 0.310 e. The summed E-state index contributed by atoms with van der Waals surface area (Å²) < 4.78 is 0. The third-order valence-electron chi connectivity index (χ3n) is 3.23. The minimum absolute atomic E-state index is 0.0856. The van der Waals surface area contributed by atoms with Crippen LogP contribution in [0.25, 0.3) is 0 Å². The third-order valence-corrected chi connectivity index (χ3v) is 3.23. The Morgan fingerprint density at radius 3 is 2.38 bits per heavy atom. The van der Waals surface area contributed by atoms with Crippen LogP contribution in [-0.2, 0) is 9.59 Å². The van der Waals surface area contributed by atoms with E-state index in [0.29, 0.717) is 25.9 Å². The number of hydrogen-bond acceptors (Lipinski definition) is 3. The van der Waals surface area contributed by atoms with Crippen LogP contribution in [0.5, 0.6) is 0 Å². The predicted molar refractivity (Wildman–Crippen MR) is 59.8 cm³/mol. The first-order chi connectivity index (χ1) is 7.60. The minimum atomic E-state index is -0.838. The van der Waals surface area contributed by atoms with Gasteiger partial charge in [-0.05, 0) is 12.8 Å². The Hall–Kier alpha value is -1.10. The van der Waals surface area contributed by atoms with Crippen LogP contribution in [0.15, 0.2) is 0 Å². The highest BCUT2D eigenvalue weighted by Gasteiger charge is 2.41. The molecular formula is C11H20N2O3. The van der Waals surface area contributed by atoms with Crippen molar-refractivity contribution in [3.8, 4) is 0 Å². The Kier molecular flexibility index (Phi) is 4.73. The van der Waals surface area contributed by atoms with Gasteiger partial charge in [-0.3, -0.25) is 9.59 Å². The molecule has 0 aliphatic heterocycles. The molecule has 0 radical (unpaired) electrons. The van der Waals surface area contributed by atoms with Crippen molar-refractivity contribution >= 4 is 11.9 Å². The van der Waals surface area contributed by atoms with E-state index in [1.807, 2.05) is 0 Å². The van der Waals surface area contributed by atoms with Gasteiger partial charge in [0.25, 0.3) is 0 Å². The molecule has 0 unspecified atom stereocenters. The number of hydrogen-bond donors (Lipinski definition) is 3. The van der Waals surface area contributed by atoms with Gasteiger partial charge >= 0.3 is 5.97 Å². The fraction of sp³-hybridized carbons (Fsp3) is 0.818. The Labute approximate surface area is 95.4 Å². The summed E-state index contributed by atoms with van der Waals surface area (Å²) >= 11 is 0. The monoisotopic (exact) mass is 228 g/mol. The summed E-state index contributed by atoms with van der Waals surface area (Å²) in [6.07, 6.45) is 4.17. The highest BCUT2D eigenvalue weighted by atomic mass is 16.4. The lowest BCUT2D eigenvalue weighted by Gasteiger charge is -2.32. The smallest absolute Gasteiger partial charge is 0.310 e. The summed E-state index contributed by atoms with van der Waals surface area (Å²) in [5.74, 6) is -1.04. The molecule has 1 aliphatic carbocycles. The molecule has 0 atom stereocenters. The number of amides is 1. The number of nitrogens with two attached hydrogens (primary N) is 1. The second-order valence-electron chi connectivity index (χ2n) is 4.46. The van der Waals surface area contributed by atoms with Crippen molar-refractivity contribution in [2.24, 2.45) is 11.1 Å². The van der Waals surface area contributed by atoms with Crippen LogP contribution in [-0.4, -0.2) is 30.1 Å². The fourth-order valence-electron chi connectivity index (χ4n) is 2.28. The highest BCUT2D eigenvalue weighted by molar-refractivity contribution is 5.85. The van der Waals surface area contributed by atoms with E-state index in [0.717, 1.165) is 19.3 Å². The molecule has 0 aromatic heterocycles. The SMILES string of the molecule is NCCNC(=O)CC1(C(=O)O)CCCCC1. The van der Waals surface area contributed by atoms with Gasteiger partial charge in [0.1, 0.15) is 0 Å². The van der Waals surface area contributed by atoms with Gasteiger partial charge in [-0.1, -0.05) is 19.3 Å². The largest absolute Gasteiger partial charge is 0.481 e. The molecule has 0 saturated heterocycles. The van der Waals surface area contributed by atoms with Crippen molar-refractivity contribution in [2.45, 2.75) is 38.5 Å². The molecule has 92 valence electrons. The average Bonchev–Trinajstić information content (AvgIpc) is 2.27. The van der Waals surface area contributed by atoms with Crippen molar-refractivity contribution in [3.05, 3.63) is 0 Å². The van der Waals surface area contributed by atoms with Crippen LogP contribution in [0, 0.1) is 5.41 Å². The summed E-state index contributed by atoms with van der Waals surface area (Å²) in [6, 6.07) is 0. The third kappa shape index (κ3) is 3.20. The topological polar surface area (TPSA) is 92.4 Å². The van der Waals surface area contributed by atoms with Crippen LogP contribution >= 0.6 is 0 Å². The molecule has 0 bridgehead atoms. The Morgan fingerprint density at radius 1 is 1.25 bits per heavy atom. The molecule has 1 saturated carbocycles. The summed E-state index contributed by atoms with van der Waals surface area (Å²) in [6.45, 7) is 0.792. The molecule has 1 fully saturated rings. The van der Waals surface area contributed by atoms with E-state index in [4.69, 9.17) is 5.73 Å². The summed E-state index contributed by atoms with van der Waals surface area (Å²) in [5.41, 5.74) is 4.44. The number of carbonyl (C=O) groups excluding carboxylic acids is 1. The lowest BCUT2D eigenvalue weighted by atomic mass is 9.71. The van der Waals surface area contributed by atoms with Gasteiger partial charge in [0.05, 0.1) is 5.41 Å². The van der Waals surface area contributed by atoms with Crippen LogP contribution < -0.4 is 11.1 Å². The van der Waals surface area contributed by atoms with E-state index >= 15 is 0 Å². The van der Waals surface area contributed by atoms with Crippen molar-refractivity contribution in [1.29, 1.82) is 0 Å². The minimum Gasteiger partial charge on any atom is -0.481 e. The lowest BCUT2D eigenvalue weighted by molar-refractivity contribution is -0.154. The summed E-state index contributed by atoms with van der Waals surface area (Å²) in [7, 11) is 0. The second-order valence-corrected chi connectivity index (χ2v) is 4.46. The molecule has 0 aromatic carbocycles. The first kappa shape index (κ1) is 13.0. The zero-order chi connectivity index (χ0) is 12.0. The van der Waals surface area contributed by atoms with Crippen LogP contribution in [0.3, 0.4) is 0 Å². The van der Waals surface area contributed by atoms with Crippen molar-refractivity contribution in [3.63, 3.8) is 0 Å². The van der Waals surface area contributed by atoms with Crippen LogP contribution in [0.1, 0.15) is 38.5 Å². The average molecular weight is 228 g/mol. The second kappa shape index (κ2) is 5.84. The van der Waals surface area contributed by atoms with Gasteiger partial charge in [0.2, 0.25) is 5.91 Å². The van der Waals surface area contributed by atoms with E-state index in [9.17, 15) is 14.7 Å². The summed E-state index contributed by atoms with van der Waals surface area (Å²) in [5, 5.41) is 11.9. The molecule has 1 rings (SSSR count). The van der Waals surface area contributed by atoms with Gasteiger partial charge in [0.15, 0.2) is 0 Å². The van der Waals surface area contributed by atoms with E-state index in [-0.39, 0.29) is 12.3 Å². The number of aliphatic carboxylic acids is 1. The molecule has 5 heteroatoms. The maximum absolute atomic E-state index is 11.5. The molecule has 16 heavy (non-hydrogen) atoms. The zero-order valence-electron chi connectivity index (χ0n) is 9.50. The number of nitrogens with one attached hydrogen (secondary N) is 1. The first-order valence-electron chi connectivity index (χ1n) is 5.81. The quantitative estimate of drug-likeness (QED) is 0.638. The Morgan fingerprint density at radius 2 is 1.88 bits per heavy atom. The van der Waals surface area contributed by atoms with Crippen molar-refractivity contribution in [1.82, 2.24) is 5.32 Å². The normalized spacial score (nSPS) is 19.1. The van der Waals surface area contributed by atoms with Gasteiger partial charge in [-0.2, -0.15) is 0 Å². The van der Waals surface area contributed by atoms with E-state index in [2.05, 4.69) is 5.32 Å². The van der Waals surface area contributed by atoms with Crippen LogP contribution in [0.4, 0.5) is 0 Å². The predicted octanol–water partition coefficient (Wildman–Crippen LogP) is 0.486. The van der Waals surface area contributed by atoms with Gasteiger partial charge < -0.3 is 16.2 Å². The number of carboxylic acid groups (broad SMARTS) is 1. The molecule has 0 spiro atoms. The molecule has 1 amide bonds. The molecule has 0 aromatic rings. The van der Waals surface area contributed by atoms with E-state index < -0.39 is 11.4 Å². The van der Waals surface area contributed by atoms with Crippen LogP contribution in [0.2, 0.25) is 0 Å². The molecule has 1 aliphatic rings. The van der Waals surface area contributed by atoms with Gasteiger partial charge in [0, 0.05) is 19.5 Å². The summed E-state index contributed by atoms with van der Waals surface area (Å²) in [4.78, 5) is 22.8. The number of carbonyl (C=O) groups is 2. The highest BCUT2D eigenvalue weighted by Crippen LogP contribution is 2.39. The van der Waals surface area contributed by atoms with E-state index in [1.165, 1.54) is 0 Å². The Bertz CT molecular complexity index is 260. The number of carboxylic acids is 1. The fourth-order valence-corrected chi connectivity index (χ4v) is 2.28. The van der Waals surface area contributed by atoms with E-state index in [1.54, 1.807) is 0 Å². The molecule has 0 heterocycles. The zero-order valence-corrected chi connectivity index (χ0v) is 9.50. The molecule has 4 N–H and O–H groups in total. The lowest BCUT2D eigenvalue weighted by Crippen LogP contribution is -2.40.